The van der Waals surface area contributed by atoms with Crippen molar-refractivity contribution in [3.63, 3.8) is 0 Å². The van der Waals surface area contributed by atoms with E-state index in [2.05, 4.69) is 20.6 Å². The molecule has 0 unspecified atom stereocenters. The molecule has 140 valence electrons. The molecule has 0 aliphatic rings. The van der Waals surface area contributed by atoms with Crippen LogP contribution in [0.4, 0.5) is 21.7 Å². The van der Waals surface area contributed by atoms with E-state index in [1.54, 1.807) is 45.4 Å². The van der Waals surface area contributed by atoms with Gasteiger partial charge in [0.25, 0.3) is 0 Å². The SMILES string of the molecule is COc1ccc(Nc2cc(NCc3ccccc3F)nc(C)n2)cc1OC. The van der Waals surface area contributed by atoms with E-state index in [9.17, 15) is 4.39 Å². The molecule has 27 heavy (non-hydrogen) atoms. The minimum absolute atomic E-state index is 0.251. The van der Waals surface area contributed by atoms with Crippen LogP contribution in [0.2, 0.25) is 0 Å². The minimum atomic E-state index is -0.251. The van der Waals surface area contributed by atoms with Crippen molar-refractivity contribution in [1.29, 1.82) is 0 Å². The van der Waals surface area contributed by atoms with Crippen LogP contribution in [-0.4, -0.2) is 24.2 Å². The lowest BCUT2D eigenvalue weighted by atomic mass is 10.2. The van der Waals surface area contributed by atoms with Gasteiger partial charge in [0.15, 0.2) is 11.5 Å². The number of rotatable bonds is 7. The summed E-state index contributed by atoms with van der Waals surface area (Å²) in [6, 6.07) is 13.9. The predicted molar refractivity (Wildman–Crippen MR) is 103 cm³/mol. The van der Waals surface area contributed by atoms with Crippen molar-refractivity contribution in [1.82, 2.24) is 9.97 Å². The lowest BCUT2D eigenvalue weighted by Crippen LogP contribution is -2.06. The van der Waals surface area contributed by atoms with Gasteiger partial charge in [-0.05, 0) is 25.1 Å². The number of aromatic nitrogens is 2. The smallest absolute Gasteiger partial charge is 0.162 e. The molecular formula is C20H21FN4O2. The lowest BCUT2D eigenvalue weighted by molar-refractivity contribution is 0.355. The fraction of sp³-hybridized carbons (Fsp3) is 0.200. The normalized spacial score (nSPS) is 10.4. The van der Waals surface area contributed by atoms with Gasteiger partial charge >= 0.3 is 0 Å². The van der Waals surface area contributed by atoms with Crippen LogP contribution in [-0.2, 0) is 6.54 Å². The zero-order valence-corrected chi connectivity index (χ0v) is 15.4. The van der Waals surface area contributed by atoms with Crippen LogP contribution in [0, 0.1) is 12.7 Å². The summed E-state index contributed by atoms with van der Waals surface area (Å²) < 4.78 is 24.3. The Hall–Kier alpha value is -3.35. The monoisotopic (exact) mass is 368 g/mol. The molecule has 0 radical (unpaired) electrons. The zero-order valence-electron chi connectivity index (χ0n) is 15.4. The molecule has 0 saturated heterocycles. The summed E-state index contributed by atoms with van der Waals surface area (Å²) in [4.78, 5) is 8.74. The van der Waals surface area contributed by atoms with Gasteiger partial charge in [-0.25, -0.2) is 14.4 Å². The standard InChI is InChI=1S/C20H21FN4O2/c1-13-23-19(22-12-14-6-4-5-7-16(14)21)11-20(24-13)25-15-8-9-17(26-2)18(10-15)27-3/h4-11H,12H2,1-3H3,(H2,22,23,24,25). The number of hydrogen-bond donors (Lipinski definition) is 2. The van der Waals surface area contributed by atoms with Crippen molar-refractivity contribution < 1.29 is 13.9 Å². The first-order valence-electron chi connectivity index (χ1n) is 8.41. The van der Waals surface area contributed by atoms with E-state index in [-0.39, 0.29) is 5.82 Å². The lowest BCUT2D eigenvalue weighted by Gasteiger charge is -2.12. The molecule has 7 heteroatoms. The summed E-state index contributed by atoms with van der Waals surface area (Å²) in [7, 11) is 3.17. The van der Waals surface area contributed by atoms with E-state index < -0.39 is 0 Å². The van der Waals surface area contributed by atoms with Crippen LogP contribution in [0.3, 0.4) is 0 Å². The maximum atomic E-state index is 13.8. The second-order valence-corrected chi connectivity index (χ2v) is 5.83. The molecule has 3 rings (SSSR count). The second-order valence-electron chi connectivity index (χ2n) is 5.83. The van der Waals surface area contributed by atoms with E-state index in [0.717, 1.165) is 5.69 Å². The molecule has 0 aliphatic carbocycles. The quantitative estimate of drug-likeness (QED) is 0.648. The number of halogens is 1. The van der Waals surface area contributed by atoms with Gasteiger partial charge in [-0.1, -0.05) is 18.2 Å². The molecule has 0 fully saturated rings. The molecule has 2 aromatic carbocycles. The average Bonchev–Trinajstić information content (AvgIpc) is 2.67. The summed E-state index contributed by atoms with van der Waals surface area (Å²) in [6.45, 7) is 2.13. The third-order valence-corrected chi connectivity index (χ3v) is 3.91. The van der Waals surface area contributed by atoms with Gasteiger partial charge in [0, 0.05) is 29.9 Å². The summed E-state index contributed by atoms with van der Waals surface area (Å²) in [6.07, 6.45) is 0. The fourth-order valence-corrected chi connectivity index (χ4v) is 2.61. The molecule has 0 atom stereocenters. The third-order valence-electron chi connectivity index (χ3n) is 3.91. The third kappa shape index (κ3) is 4.63. The number of nitrogens with one attached hydrogen (secondary N) is 2. The highest BCUT2D eigenvalue weighted by Crippen LogP contribution is 2.31. The molecule has 1 heterocycles. The molecule has 0 amide bonds. The number of hydrogen-bond acceptors (Lipinski definition) is 6. The average molecular weight is 368 g/mol. The molecule has 6 nitrogen and oxygen atoms in total. The van der Waals surface area contributed by atoms with Gasteiger partial charge < -0.3 is 20.1 Å². The van der Waals surface area contributed by atoms with E-state index in [4.69, 9.17) is 9.47 Å². The Kier molecular flexibility index (Phi) is 5.71. The Labute approximate surface area is 157 Å². The Morgan fingerprint density at radius 3 is 2.41 bits per heavy atom. The van der Waals surface area contributed by atoms with Crippen LogP contribution in [0.1, 0.15) is 11.4 Å². The summed E-state index contributed by atoms with van der Waals surface area (Å²) in [5.41, 5.74) is 1.37. The van der Waals surface area contributed by atoms with Crippen molar-refractivity contribution in [3.8, 4) is 11.5 Å². The molecule has 0 bridgehead atoms. The topological polar surface area (TPSA) is 68.3 Å². The molecule has 1 aromatic heterocycles. The van der Waals surface area contributed by atoms with Gasteiger partial charge in [-0.15, -0.1) is 0 Å². The van der Waals surface area contributed by atoms with Crippen molar-refractivity contribution in [2.24, 2.45) is 0 Å². The molecule has 0 aliphatic heterocycles. The first-order valence-corrected chi connectivity index (χ1v) is 8.41. The zero-order chi connectivity index (χ0) is 19.2. The molecule has 0 saturated carbocycles. The van der Waals surface area contributed by atoms with E-state index in [1.165, 1.54) is 6.07 Å². The Morgan fingerprint density at radius 2 is 1.67 bits per heavy atom. The summed E-state index contributed by atoms with van der Waals surface area (Å²) in [5.74, 6) is 2.83. The minimum Gasteiger partial charge on any atom is -0.493 e. The van der Waals surface area contributed by atoms with E-state index in [0.29, 0.717) is 41.1 Å². The first kappa shape index (κ1) is 18.4. The number of anilines is 3. The molecule has 2 N–H and O–H groups in total. The number of methoxy groups -OCH3 is 2. The maximum Gasteiger partial charge on any atom is 0.162 e. The van der Waals surface area contributed by atoms with Crippen molar-refractivity contribution in [2.45, 2.75) is 13.5 Å². The number of benzene rings is 2. The van der Waals surface area contributed by atoms with Crippen LogP contribution < -0.4 is 20.1 Å². The van der Waals surface area contributed by atoms with Crippen molar-refractivity contribution in [2.75, 3.05) is 24.9 Å². The van der Waals surface area contributed by atoms with Crippen molar-refractivity contribution >= 4 is 17.3 Å². The van der Waals surface area contributed by atoms with E-state index in [1.807, 2.05) is 18.2 Å². The van der Waals surface area contributed by atoms with Crippen LogP contribution in [0.25, 0.3) is 0 Å². The Morgan fingerprint density at radius 1 is 0.926 bits per heavy atom. The van der Waals surface area contributed by atoms with Gasteiger partial charge in [0.05, 0.1) is 14.2 Å². The highest BCUT2D eigenvalue weighted by molar-refractivity contribution is 5.63. The van der Waals surface area contributed by atoms with E-state index >= 15 is 0 Å². The fourth-order valence-electron chi connectivity index (χ4n) is 2.61. The highest BCUT2D eigenvalue weighted by Gasteiger charge is 2.08. The highest BCUT2D eigenvalue weighted by atomic mass is 19.1. The largest absolute Gasteiger partial charge is 0.493 e. The van der Waals surface area contributed by atoms with Crippen LogP contribution >= 0.6 is 0 Å². The summed E-state index contributed by atoms with van der Waals surface area (Å²) >= 11 is 0. The Bertz CT molecular complexity index is 934. The van der Waals surface area contributed by atoms with Gasteiger partial charge in [0.2, 0.25) is 0 Å². The number of nitrogens with zero attached hydrogens (tertiary/aromatic N) is 2. The first-order chi connectivity index (χ1) is 13.1. The second kappa shape index (κ2) is 8.35. The van der Waals surface area contributed by atoms with Crippen molar-refractivity contribution in [3.05, 3.63) is 65.7 Å². The predicted octanol–water partition coefficient (Wildman–Crippen LogP) is 4.30. The molecular weight excluding hydrogens is 347 g/mol. The van der Waals surface area contributed by atoms with Crippen LogP contribution in [0.5, 0.6) is 11.5 Å². The maximum absolute atomic E-state index is 13.8. The molecule has 3 aromatic rings. The van der Waals surface area contributed by atoms with Gasteiger partial charge in [-0.3, -0.25) is 0 Å². The number of aryl methyl sites for hydroxylation is 1. The molecule has 0 spiro atoms. The van der Waals surface area contributed by atoms with Gasteiger partial charge in [-0.2, -0.15) is 0 Å². The number of ether oxygens (including phenoxy) is 2. The Balaban J connectivity index is 1.76. The van der Waals surface area contributed by atoms with Gasteiger partial charge in [0.1, 0.15) is 23.3 Å². The van der Waals surface area contributed by atoms with Crippen LogP contribution in [0.15, 0.2) is 48.5 Å². The summed E-state index contributed by atoms with van der Waals surface area (Å²) in [5, 5.41) is 6.35.